The van der Waals surface area contributed by atoms with Crippen molar-refractivity contribution in [2.45, 2.75) is 13.5 Å². The first-order valence-electron chi connectivity index (χ1n) is 8.32. The Morgan fingerprint density at radius 2 is 1.42 bits per heavy atom. The van der Waals surface area contributed by atoms with E-state index in [0.29, 0.717) is 19.8 Å². The second-order valence-corrected chi connectivity index (χ2v) is 5.85. The Kier molecular flexibility index (Phi) is 5.42. The molecule has 0 aliphatic carbocycles. The molecule has 2 heteroatoms. The molecule has 2 N–H and O–H groups in total. The van der Waals surface area contributed by atoms with Crippen molar-refractivity contribution in [3.8, 4) is 22.3 Å². The lowest BCUT2D eigenvalue weighted by molar-refractivity contribution is 0.128. The summed E-state index contributed by atoms with van der Waals surface area (Å²) in [6.07, 6.45) is 0. The molecule has 0 heterocycles. The molecule has 3 rings (SSSR count). The van der Waals surface area contributed by atoms with Gasteiger partial charge in [0.2, 0.25) is 0 Å². The topological polar surface area (TPSA) is 35.2 Å². The van der Waals surface area contributed by atoms with Gasteiger partial charge in [-0.25, -0.2) is 0 Å². The van der Waals surface area contributed by atoms with E-state index in [4.69, 9.17) is 10.5 Å². The number of hydrogen-bond acceptors (Lipinski definition) is 2. The Bertz CT molecular complexity index is 782. The van der Waals surface area contributed by atoms with Gasteiger partial charge in [-0.05, 0) is 40.3 Å². The highest BCUT2D eigenvalue weighted by atomic mass is 16.5. The van der Waals surface area contributed by atoms with Crippen LogP contribution in [0.1, 0.15) is 11.1 Å². The van der Waals surface area contributed by atoms with E-state index in [9.17, 15) is 0 Å². The standard InChI is InChI=1S/C22H23NO/c1-17-20(16-24-15-14-23)12-13-21(18-8-4-2-5-9-18)22(17)19-10-6-3-7-11-19/h2-13H,14-16,23H2,1H3. The maximum atomic E-state index is 5.66. The van der Waals surface area contributed by atoms with E-state index >= 15 is 0 Å². The lowest BCUT2D eigenvalue weighted by atomic mass is 9.88. The summed E-state index contributed by atoms with van der Waals surface area (Å²) in [6.45, 7) is 3.90. The summed E-state index contributed by atoms with van der Waals surface area (Å²) in [5.74, 6) is 0. The molecule has 0 aromatic heterocycles. The molecule has 2 nitrogen and oxygen atoms in total. The SMILES string of the molecule is Cc1c(COCCN)ccc(-c2ccccc2)c1-c1ccccc1. The van der Waals surface area contributed by atoms with Gasteiger partial charge in [-0.15, -0.1) is 0 Å². The summed E-state index contributed by atoms with van der Waals surface area (Å²) in [5.41, 5.74) is 13.0. The van der Waals surface area contributed by atoms with E-state index < -0.39 is 0 Å². The molecule has 0 aliphatic heterocycles. The lowest BCUT2D eigenvalue weighted by Gasteiger charge is -2.17. The van der Waals surface area contributed by atoms with Crippen LogP contribution < -0.4 is 5.73 Å². The number of hydrogen-bond donors (Lipinski definition) is 1. The van der Waals surface area contributed by atoms with E-state index in [2.05, 4.69) is 73.7 Å². The summed E-state index contributed by atoms with van der Waals surface area (Å²) in [5, 5.41) is 0. The molecule has 0 fully saturated rings. The predicted molar refractivity (Wildman–Crippen MR) is 101 cm³/mol. The van der Waals surface area contributed by atoms with E-state index in [-0.39, 0.29) is 0 Å². The average molecular weight is 317 g/mol. The summed E-state index contributed by atoms with van der Waals surface area (Å²) in [6, 6.07) is 25.4. The third-order valence-electron chi connectivity index (χ3n) is 4.24. The molecule has 0 bridgehead atoms. The molecule has 0 amide bonds. The van der Waals surface area contributed by atoms with Crippen LogP contribution in [0, 0.1) is 6.92 Å². The van der Waals surface area contributed by atoms with Gasteiger partial charge in [0.15, 0.2) is 0 Å². The Morgan fingerprint density at radius 1 is 0.792 bits per heavy atom. The minimum Gasteiger partial charge on any atom is -0.375 e. The van der Waals surface area contributed by atoms with Gasteiger partial charge in [0, 0.05) is 6.54 Å². The molecule has 0 saturated carbocycles. The van der Waals surface area contributed by atoms with Gasteiger partial charge in [0.05, 0.1) is 13.2 Å². The van der Waals surface area contributed by atoms with Gasteiger partial charge in [0.1, 0.15) is 0 Å². The van der Waals surface area contributed by atoms with Crippen LogP contribution in [0.5, 0.6) is 0 Å². The zero-order valence-electron chi connectivity index (χ0n) is 14.0. The van der Waals surface area contributed by atoms with Gasteiger partial charge in [-0.1, -0.05) is 72.8 Å². The molecule has 3 aromatic carbocycles. The van der Waals surface area contributed by atoms with Crippen LogP contribution in [0.4, 0.5) is 0 Å². The second-order valence-electron chi connectivity index (χ2n) is 5.85. The molecular weight excluding hydrogens is 294 g/mol. The quantitative estimate of drug-likeness (QED) is 0.663. The predicted octanol–water partition coefficient (Wildman–Crippen LogP) is 4.80. The van der Waals surface area contributed by atoms with E-state index in [1.807, 2.05) is 6.07 Å². The Balaban J connectivity index is 2.11. The molecule has 0 radical (unpaired) electrons. The highest BCUT2D eigenvalue weighted by Crippen LogP contribution is 2.36. The number of benzene rings is 3. The highest BCUT2D eigenvalue weighted by Gasteiger charge is 2.13. The van der Waals surface area contributed by atoms with Crippen molar-refractivity contribution in [3.63, 3.8) is 0 Å². The maximum Gasteiger partial charge on any atom is 0.0720 e. The van der Waals surface area contributed by atoms with Crippen molar-refractivity contribution in [1.29, 1.82) is 0 Å². The number of nitrogens with two attached hydrogens (primary N) is 1. The van der Waals surface area contributed by atoms with Gasteiger partial charge in [-0.3, -0.25) is 0 Å². The van der Waals surface area contributed by atoms with Crippen molar-refractivity contribution in [2.24, 2.45) is 5.73 Å². The largest absolute Gasteiger partial charge is 0.375 e. The zero-order chi connectivity index (χ0) is 16.8. The minimum absolute atomic E-state index is 0.548. The minimum atomic E-state index is 0.548. The van der Waals surface area contributed by atoms with Gasteiger partial charge >= 0.3 is 0 Å². The smallest absolute Gasteiger partial charge is 0.0720 e. The zero-order valence-corrected chi connectivity index (χ0v) is 14.0. The van der Waals surface area contributed by atoms with Crippen molar-refractivity contribution >= 4 is 0 Å². The van der Waals surface area contributed by atoms with Crippen molar-refractivity contribution < 1.29 is 4.74 Å². The van der Waals surface area contributed by atoms with Gasteiger partial charge in [0.25, 0.3) is 0 Å². The second kappa shape index (κ2) is 7.91. The summed E-state index contributed by atoms with van der Waals surface area (Å²) >= 11 is 0. The number of ether oxygens (including phenoxy) is 1. The monoisotopic (exact) mass is 317 g/mol. The first kappa shape index (κ1) is 16.4. The van der Waals surface area contributed by atoms with Crippen LogP contribution in [0.3, 0.4) is 0 Å². The molecule has 3 aromatic rings. The summed E-state index contributed by atoms with van der Waals surface area (Å²) in [4.78, 5) is 0. The van der Waals surface area contributed by atoms with Crippen LogP contribution in [0.2, 0.25) is 0 Å². The van der Waals surface area contributed by atoms with Crippen LogP contribution in [-0.4, -0.2) is 13.2 Å². The maximum absolute atomic E-state index is 5.66. The van der Waals surface area contributed by atoms with Crippen molar-refractivity contribution in [3.05, 3.63) is 83.9 Å². The number of rotatable bonds is 6. The van der Waals surface area contributed by atoms with Crippen LogP contribution >= 0.6 is 0 Å². The van der Waals surface area contributed by atoms with Gasteiger partial charge in [-0.2, -0.15) is 0 Å². The molecule has 24 heavy (non-hydrogen) atoms. The Hall–Kier alpha value is -2.42. The van der Waals surface area contributed by atoms with E-state index in [1.54, 1.807) is 0 Å². The van der Waals surface area contributed by atoms with Crippen LogP contribution in [-0.2, 0) is 11.3 Å². The fraction of sp³-hybridized carbons (Fsp3) is 0.182. The average Bonchev–Trinajstić information content (AvgIpc) is 2.64. The summed E-state index contributed by atoms with van der Waals surface area (Å²) in [7, 11) is 0. The molecule has 0 spiro atoms. The van der Waals surface area contributed by atoms with Crippen molar-refractivity contribution in [2.75, 3.05) is 13.2 Å². The third-order valence-corrected chi connectivity index (χ3v) is 4.24. The van der Waals surface area contributed by atoms with E-state index in [1.165, 1.54) is 33.4 Å². The normalized spacial score (nSPS) is 10.8. The fourth-order valence-corrected chi connectivity index (χ4v) is 3.01. The Labute approximate surface area is 143 Å². The highest BCUT2D eigenvalue weighted by molar-refractivity contribution is 5.86. The van der Waals surface area contributed by atoms with Gasteiger partial charge < -0.3 is 10.5 Å². The third kappa shape index (κ3) is 3.56. The first-order valence-corrected chi connectivity index (χ1v) is 8.32. The lowest BCUT2D eigenvalue weighted by Crippen LogP contribution is -2.09. The van der Waals surface area contributed by atoms with Crippen LogP contribution in [0.15, 0.2) is 72.8 Å². The fourth-order valence-electron chi connectivity index (χ4n) is 3.01. The first-order chi connectivity index (χ1) is 11.8. The molecule has 0 unspecified atom stereocenters. The molecule has 122 valence electrons. The summed E-state index contributed by atoms with van der Waals surface area (Å²) < 4.78 is 5.66. The Morgan fingerprint density at radius 3 is 2.04 bits per heavy atom. The van der Waals surface area contributed by atoms with E-state index in [0.717, 1.165) is 0 Å². The molecule has 0 atom stereocenters. The van der Waals surface area contributed by atoms with Crippen LogP contribution in [0.25, 0.3) is 22.3 Å². The van der Waals surface area contributed by atoms with Crippen molar-refractivity contribution in [1.82, 2.24) is 0 Å². The molecule has 0 aliphatic rings. The molecule has 0 saturated heterocycles. The molecular formula is C22H23NO.